The fourth-order valence-electron chi connectivity index (χ4n) is 2.65. The lowest BCUT2D eigenvalue weighted by molar-refractivity contribution is 0.392. The van der Waals surface area contributed by atoms with Gasteiger partial charge >= 0.3 is 0 Å². The van der Waals surface area contributed by atoms with Gasteiger partial charge in [0.05, 0.1) is 11.4 Å². The highest BCUT2D eigenvalue weighted by molar-refractivity contribution is 6.31. The zero-order valence-corrected chi connectivity index (χ0v) is 14.9. The first-order valence-electron chi connectivity index (χ1n) is 8.02. The van der Waals surface area contributed by atoms with Crippen molar-refractivity contribution in [3.05, 3.63) is 74.0 Å². The molecule has 0 radical (unpaired) electrons. The topological polar surface area (TPSA) is 83.8 Å². The number of hydrogen-bond donors (Lipinski definition) is 2. The summed E-state index contributed by atoms with van der Waals surface area (Å²) in [5, 5.41) is 7.74. The quantitative estimate of drug-likeness (QED) is 0.705. The Balaban J connectivity index is 1.70. The summed E-state index contributed by atoms with van der Waals surface area (Å²) in [6.07, 6.45) is 1.36. The zero-order chi connectivity index (χ0) is 17.8. The lowest BCUT2D eigenvalue weighted by Gasteiger charge is -2.08. The van der Waals surface area contributed by atoms with Crippen molar-refractivity contribution >= 4 is 17.5 Å². The van der Waals surface area contributed by atoms with Gasteiger partial charge in [-0.2, -0.15) is 0 Å². The Hall–Kier alpha value is -2.60. The third-order valence-electron chi connectivity index (χ3n) is 4.01. The standard InChI is InChI=1S/C18H19ClN4O2/c1-11-15(12(2)25-23-11)8-7-14-9-17(24)22-18(21-14)20-10-13-5-3-4-6-16(13)19/h3-6,9H,7-8,10H2,1-2H3,(H2,20,21,22,24). The highest BCUT2D eigenvalue weighted by atomic mass is 35.5. The van der Waals surface area contributed by atoms with Crippen molar-refractivity contribution < 1.29 is 4.52 Å². The number of aromatic nitrogens is 3. The second kappa shape index (κ2) is 7.53. The van der Waals surface area contributed by atoms with Crippen LogP contribution in [0.4, 0.5) is 5.95 Å². The lowest BCUT2D eigenvalue weighted by Crippen LogP contribution is -2.14. The highest BCUT2D eigenvalue weighted by Gasteiger charge is 2.10. The first-order valence-corrected chi connectivity index (χ1v) is 8.40. The normalized spacial score (nSPS) is 10.8. The third-order valence-corrected chi connectivity index (χ3v) is 4.38. The fourth-order valence-corrected chi connectivity index (χ4v) is 2.85. The average Bonchev–Trinajstić information content (AvgIpc) is 2.90. The Labute approximate surface area is 150 Å². The minimum atomic E-state index is -0.189. The number of aromatic amines is 1. The van der Waals surface area contributed by atoms with E-state index >= 15 is 0 Å². The number of rotatable bonds is 6. The second-order valence-electron chi connectivity index (χ2n) is 5.83. The molecule has 3 rings (SSSR count). The van der Waals surface area contributed by atoms with E-state index in [4.69, 9.17) is 16.1 Å². The van der Waals surface area contributed by atoms with E-state index in [2.05, 4.69) is 20.4 Å². The number of halogens is 1. The van der Waals surface area contributed by atoms with Gasteiger partial charge in [0.2, 0.25) is 5.95 Å². The van der Waals surface area contributed by atoms with Gasteiger partial charge in [0.25, 0.3) is 5.56 Å². The minimum absolute atomic E-state index is 0.189. The molecule has 0 saturated heterocycles. The van der Waals surface area contributed by atoms with E-state index in [9.17, 15) is 4.79 Å². The van der Waals surface area contributed by atoms with Crippen LogP contribution >= 0.6 is 11.6 Å². The van der Waals surface area contributed by atoms with Crippen molar-refractivity contribution in [1.29, 1.82) is 0 Å². The number of hydrogen-bond acceptors (Lipinski definition) is 5. The third kappa shape index (κ3) is 4.28. The summed E-state index contributed by atoms with van der Waals surface area (Å²) < 4.78 is 5.17. The van der Waals surface area contributed by atoms with E-state index in [1.54, 1.807) is 0 Å². The van der Waals surface area contributed by atoms with Gasteiger partial charge in [-0.05, 0) is 38.3 Å². The van der Waals surface area contributed by atoms with Gasteiger partial charge in [0.15, 0.2) is 0 Å². The molecule has 130 valence electrons. The van der Waals surface area contributed by atoms with Gasteiger partial charge in [-0.1, -0.05) is 35.0 Å². The fraction of sp³-hybridized carbons (Fsp3) is 0.278. The summed E-state index contributed by atoms with van der Waals surface area (Å²) in [6, 6.07) is 9.06. The number of aryl methyl sites for hydroxylation is 3. The molecule has 2 N–H and O–H groups in total. The monoisotopic (exact) mass is 358 g/mol. The number of benzene rings is 1. The van der Waals surface area contributed by atoms with Crippen molar-refractivity contribution in [2.24, 2.45) is 0 Å². The van der Waals surface area contributed by atoms with Crippen LogP contribution in [-0.2, 0) is 19.4 Å². The maximum absolute atomic E-state index is 11.9. The van der Waals surface area contributed by atoms with Crippen molar-refractivity contribution in [2.75, 3.05) is 5.32 Å². The second-order valence-corrected chi connectivity index (χ2v) is 6.24. The molecule has 0 amide bonds. The Kier molecular flexibility index (Phi) is 5.19. The summed E-state index contributed by atoms with van der Waals surface area (Å²) >= 11 is 6.14. The van der Waals surface area contributed by atoms with Crippen LogP contribution in [0, 0.1) is 13.8 Å². The van der Waals surface area contributed by atoms with E-state index in [1.807, 2.05) is 38.1 Å². The summed E-state index contributed by atoms with van der Waals surface area (Å²) in [5.74, 6) is 1.24. The van der Waals surface area contributed by atoms with Gasteiger partial charge in [-0.25, -0.2) is 4.98 Å². The molecule has 1 aromatic carbocycles. The van der Waals surface area contributed by atoms with Gasteiger partial charge in [-0.15, -0.1) is 0 Å². The van der Waals surface area contributed by atoms with Gasteiger partial charge in [0.1, 0.15) is 5.76 Å². The first kappa shape index (κ1) is 17.2. The molecule has 2 aromatic heterocycles. The van der Waals surface area contributed by atoms with E-state index in [0.717, 1.165) is 29.0 Å². The molecule has 2 heterocycles. The van der Waals surface area contributed by atoms with Crippen LogP contribution in [0.2, 0.25) is 5.02 Å². The molecule has 0 spiro atoms. The van der Waals surface area contributed by atoms with Crippen LogP contribution in [0.5, 0.6) is 0 Å². The van der Waals surface area contributed by atoms with Crippen molar-refractivity contribution in [3.8, 4) is 0 Å². The van der Waals surface area contributed by atoms with E-state index in [1.165, 1.54) is 6.07 Å². The molecule has 0 fully saturated rings. The molecule has 0 aliphatic rings. The van der Waals surface area contributed by atoms with Crippen LogP contribution in [0.1, 0.15) is 28.3 Å². The van der Waals surface area contributed by atoms with Crippen LogP contribution in [0.25, 0.3) is 0 Å². The molecule has 0 atom stereocenters. The van der Waals surface area contributed by atoms with Gasteiger partial charge in [0, 0.05) is 23.2 Å². The maximum Gasteiger partial charge on any atom is 0.252 e. The molecule has 0 aliphatic carbocycles. The minimum Gasteiger partial charge on any atom is -0.361 e. The SMILES string of the molecule is Cc1noc(C)c1CCc1cc(=O)[nH]c(NCc2ccccc2Cl)n1. The van der Waals surface area contributed by atoms with Crippen LogP contribution in [0.3, 0.4) is 0 Å². The van der Waals surface area contributed by atoms with E-state index in [0.29, 0.717) is 29.6 Å². The average molecular weight is 359 g/mol. The number of anilines is 1. The summed E-state index contributed by atoms with van der Waals surface area (Å²) in [4.78, 5) is 19.1. The van der Waals surface area contributed by atoms with E-state index < -0.39 is 0 Å². The molecule has 3 aromatic rings. The van der Waals surface area contributed by atoms with Crippen molar-refractivity contribution in [3.63, 3.8) is 0 Å². The maximum atomic E-state index is 11.9. The molecular weight excluding hydrogens is 340 g/mol. The van der Waals surface area contributed by atoms with Gasteiger partial charge < -0.3 is 9.84 Å². The molecule has 7 heteroatoms. The summed E-state index contributed by atoms with van der Waals surface area (Å²) in [5.41, 5.74) is 3.40. The Morgan fingerprint density at radius 1 is 1.24 bits per heavy atom. The Morgan fingerprint density at radius 2 is 2.04 bits per heavy atom. The molecule has 0 saturated carbocycles. The molecule has 0 unspecified atom stereocenters. The Morgan fingerprint density at radius 3 is 2.76 bits per heavy atom. The van der Waals surface area contributed by atoms with E-state index in [-0.39, 0.29) is 5.56 Å². The summed E-state index contributed by atoms with van der Waals surface area (Å²) in [7, 11) is 0. The van der Waals surface area contributed by atoms with Crippen LogP contribution in [0.15, 0.2) is 39.6 Å². The van der Waals surface area contributed by atoms with Crippen molar-refractivity contribution in [1.82, 2.24) is 15.1 Å². The Bertz CT molecular complexity index is 913. The predicted molar refractivity (Wildman–Crippen MR) is 97.0 cm³/mol. The lowest BCUT2D eigenvalue weighted by atomic mass is 10.1. The van der Waals surface area contributed by atoms with Crippen LogP contribution < -0.4 is 10.9 Å². The number of H-pyrrole nitrogens is 1. The molecule has 6 nitrogen and oxygen atoms in total. The number of nitrogens with zero attached hydrogens (tertiary/aromatic N) is 2. The molecule has 0 bridgehead atoms. The molecular formula is C18H19ClN4O2. The highest BCUT2D eigenvalue weighted by Crippen LogP contribution is 2.17. The summed E-state index contributed by atoms with van der Waals surface area (Å²) in [6.45, 7) is 4.28. The molecule has 0 aliphatic heterocycles. The largest absolute Gasteiger partial charge is 0.361 e. The molecule has 25 heavy (non-hydrogen) atoms. The van der Waals surface area contributed by atoms with Gasteiger partial charge in [-0.3, -0.25) is 9.78 Å². The van der Waals surface area contributed by atoms with Crippen LogP contribution in [-0.4, -0.2) is 15.1 Å². The number of nitrogens with one attached hydrogen (secondary N) is 2. The predicted octanol–water partition coefficient (Wildman–Crippen LogP) is 3.43. The zero-order valence-electron chi connectivity index (χ0n) is 14.1. The first-order chi connectivity index (χ1) is 12.0. The smallest absolute Gasteiger partial charge is 0.252 e. The van der Waals surface area contributed by atoms with Crippen molar-refractivity contribution in [2.45, 2.75) is 33.2 Å².